The lowest BCUT2D eigenvalue weighted by Gasteiger charge is -2.40. The molecule has 0 aromatic carbocycles. The van der Waals surface area contributed by atoms with E-state index in [4.69, 9.17) is 10.5 Å². The molecule has 3 heteroatoms. The van der Waals surface area contributed by atoms with Crippen LogP contribution in [-0.2, 0) is 4.74 Å². The van der Waals surface area contributed by atoms with Gasteiger partial charge < -0.3 is 10.5 Å². The van der Waals surface area contributed by atoms with E-state index >= 15 is 0 Å². The van der Waals surface area contributed by atoms with Crippen LogP contribution in [0.25, 0.3) is 0 Å². The van der Waals surface area contributed by atoms with Gasteiger partial charge in [-0.1, -0.05) is 27.7 Å². The van der Waals surface area contributed by atoms with Gasteiger partial charge in [0.1, 0.15) is 0 Å². The van der Waals surface area contributed by atoms with Crippen LogP contribution < -0.4 is 5.73 Å². The molecule has 102 valence electrons. The first-order valence-corrected chi connectivity index (χ1v) is 7.14. The average molecular weight is 242 g/mol. The normalized spacial score (nSPS) is 26.1. The summed E-state index contributed by atoms with van der Waals surface area (Å²) in [5, 5.41) is 0. The Kier molecular flexibility index (Phi) is 6.45. The third kappa shape index (κ3) is 4.57. The summed E-state index contributed by atoms with van der Waals surface area (Å²) in [6.07, 6.45) is 2.77. The molecule has 0 aliphatic carbocycles. The van der Waals surface area contributed by atoms with E-state index in [0.717, 1.165) is 38.6 Å². The van der Waals surface area contributed by atoms with Gasteiger partial charge in [-0.25, -0.2) is 0 Å². The number of nitrogens with zero attached hydrogens (tertiary/aromatic N) is 1. The van der Waals surface area contributed by atoms with E-state index in [9.17, 15) is 0 Å². The van der Waals surface area contributed by atoms with Gasteiger partial charge in [-0.2, -0.15) is 0 Å². The minimum atomic E-state index is 0.407. The molecule has 0 saturated carbocycles. The zero-order valence-corrected chi connectivity index (χ0v) is 12.0. The second kappa shape index (κ2) is 7.34. The second-order valence-electron chi connectivity index (χ2n) is 5.81. The highest BCUT2D eigenvalue weighted by molar-refractivity contribution is 4.82. The number of ether oxygens (including phenoxy) is 1. The standard InChI is InChI=1S/C14H30N2O/c1-5-13-10-16(6-7-17-13)14(9-15)12(4)8-11(2)3/h11-14H,5-10,15H2,1-4H3. The van der Waals surface area contributed by atoms with Crippen LogP contribution in [0.4, 0.5) is 0 Å². The van der Waals surface area contributed by atoms with E-state index < -0.39 is 0 Å². The van der Waals surface area contributed by atoms with Crippen molar-refractivity contribution in [1.82, 2.24) is 4.90 Å². The fraction of sp³-hybridized carbons (Fsp3) is 1.00. The number of hydrogen-bond acceptors (Lipinski definition) is 3. The Labute approximate surface area is 107 Å². The lowest BCUT2D eigenvalue weighted by atomic mass is 9.90. The summed E-state index contributed by atoms with van der Waals surface area (Å²) in [6, 6.07) is 0.523. The van der Waals surface area contributed by atoms with Crippen LogP contribution in [-0.4, -0.2) is 43.3 Å². The SMILES string of the molecule is CCC1CN(C(CN)C(C)CC(C)C)CCO1. The van der Waals surface area contributed by atoms with Gasteiger partial charge in [0.05, 0.1) is 12.7 Å². The van der Waals surface area contributed by atoms with Crippen molar-refractivity contribution in [3.8, 4) is 0 Å². The van der Waals surface area contributed by atoms with Crippen molar-refractivity contribution >= 4 is 0 Å². The number of rotatable bonds is 6. The van der Waals surface area contributed by atoms with Crippen LogP contribution in [0, 0.1) is 11.8 Å². The van der Waals surface area contributed by atoms with Gasteiger partial charge in [0.15, 0.2) is 0 Å². The van der Waals surface area contributed by atoms with Crippen molar-refractivity contribution in [2.45, 2.75) is 52.7 Å². The van der Waals surface area contributed by atoms with Gasteiger partial charge >= 0.3 is 0 Å². The highest BCUT2D eigenvalue weighted by Crippen LogP contribution is 2.21. The largest absolute Gasteiger partial charge is 0.376 e. The highest BCUT2D eigenvalue weighted by atomic mass is 16.5. The fourth-order valence-corrected chi connectivity index (χ4v) is 2.93. The van der Waals surface area contributed by atoms with E-state index in [-0.39, 0.29) is 0 Å². The number of hydrogen-bond donors (Lipinski definition) is 1. The summed E-state index contributed by atoms with van der Waals surface area (Å²) in [4.78, 5) is 2.55. The molecule has 0 amide bonds. The van der Waals surface area contributed by atoms with E-state index in [2.05, 4.69) is 32.6 Å². The molecule has 0 aromatic rings. The van der Waals surface area contributed by atoms with Gasteiger partial charge in [0, 0.05) is 25.7 Å². The van der Waals surface area contributed by atoms with Crippen LogP contribution in [0.1, 0.15) is 40.5 Å². The van der Waals surface area contributed by atoms with E-state index in [0.29, 0.717) is 18.1 Å². The van der Waals surface area contributed by atoms with Crippen molar-refractivity contribution in [2.75, 3.05) is 26.2 Å². The molecule has 1 heterocycles. The molecule has 3 unspecified atom stereocenters. The van der Waals surface area contributed by atoms with Gasteiger partial charge in [-0.05, 0) is 24.7 Å². The molecule has 3 nitrogen and oxygen atoms in total. The smallest absolute Gasteiger partial charge is 0.0700 e. The Bertz CT molecular complexity index is 208. The summed E-state index contributed by atoms with van der Waals surface area (Å²) >= 11 is 0. The van der Waals surface area contributed by atoms with E-state index in [1.807, 2.05) is 0 Å². The summed E-state index contributed by atoms with van der Waals surface area (Å²) < 4.78 is 5.73. The quantitative estimate of drug-likeness (QED) is 0.775. The topological polar surface area (TPSA) is 38.5 Å². The van der Waals surface area contributed by atoms with E-state index in [1.54, 1.807) is 0 Å². The molecule has 1 aliphatic rings. The Hall–Kier alpha value is -0.120. The molecule has 2 N–H and O–H groups in total. The van der Waals surface area contributed by atoms with Crippen molar-refractivity contribution in [3.05, 3.63) is 0 Å². The first-order valence-electron chi connectivity index (χ1n) is 7.14. The summed E-state index contributed by atoms with van der Waals surface area (Å²) in [5.41, 5.74) is 5.98. The summed E-state index contributed by atoms with van der Waals surface area (Å²) in [7, 11) is 0. The predicted octanol–water partition coefficient (Wildman–Crippen LogP) is 2.11. The zero-order chi connectivity index (χ0) is 12.8. The first kappa shape index (κ1) is 14.9. The molecule has 1 saturated heterocycles. The molecule has 1 fully saturated rings. The molecule has 17 heavy (non-hydrogen) atoms. The summed E-state index contributed by atoms with van der Waals surface area (Å²) in [5.74, 6) is 1.43. The van der Waals surface area contributed by atoms with Crippen molar-refractivity contribution in [1.29, 1.82) is 0 Å². The maximum absolute atomic E-state index is 5.98. The molecule has 0 aromatic heterocycles. The van der Waals surface area contributed by atoms with Gasteiger partial charge in [-0.15, -0.1) is 0 Å². The van der Waals surface area contributed by atoms with E-state index in [1.165, 1.54) is 6.42 Å². The third-order valence-corrected chi connectivity index (χ3v) is 3.84. The fourth-order valence-electron chi connectivity index (χ4n) is 2.93. The molecular weight excluding hydrogens is 212 g/mol. The monoisotopic (exact) mass is 242 g/mol. The number of morpholine rings is 1. The Morgan fingerprint density at radius 2 is 2.06 bits per heavy atom. The van der Waals surface area contributed by atoms with Gasteiger partial charge in [0.2, 0.25) is 0 Å². The van der Waals surface area contributed by atoms with Crippen molar-refractivity contribution in [3.63, 3.8) is 0 Å². The average Bonchev–Trinajstić information content (AvgIpc) is 2.29. The molecule has 0 spiro atoms. The molecular formula is C14H30N2O. The summed E-state index contributed by atoms with van der Waals surface area (Å²) in [6.45, 7) is 12.9. The maximum Gasteiger partial charge on any atom is 0.0700 e. The lowest BCUT2D eigenvalue weighted by molar-refractivity contribution is -0.0515. The Morgan fingerprint density at radius 1 is 1.35 bits per heavy atom. The molecule has 1 rings (SSSR count). The molecule has 0 radical (unpaired) electrons. The Balaban J connectivity index is 2.53. The third-order valence-electron chi connectivity index (χ3n) is 3.84. The number of nitrogens with two attached hydrogens (primary N) is 1. The first-order chi connectivity index (χ1) is 8.08. The highest BCUT2D eigenvalue weighted by Gasteiger charge is 2.28. The van der Waals surface area contributed by atoms with Crippen LogP contribution in [0.15, 0.2) is 0 Å². The van der Waals surface area contributed by atoms with Crippen LogP contribution >= 0.6 is 0 Å². The van der Waals surface area contributed by atoms with Gasteiger partial charge in [0.25, 0.3) is 0 Å². The Morgan fingerprint density at radius 3 is 2.59 bits per heavy atom. The van der Waals surface area contributed by atoms with Crippen LogP contribution in [0.3, 0.4) is 0 Å². The maximum atomic E-state index is 5.98. The minimum absolute atomic E-state index is 0.407. The molecule has 1 aliphatic heterocycles. The molecule has 0 bridgehead atoms. The van der Waals surface area contributed by atoms with Crippen LogP contribution in [0.5, 0.6) is 0 Å². The minimum Gasteiger partial charge on any atom is -0.376 e. The van der Waals surface area contributed by atoms with Gasteiger partial charge in [-0.3, -0.25) is 4.90 Å². The van der Waals surface area contributed by atoms with Crippen LogP contribution in [0.2, 0.25) is 0 Å². The molecule has 3 atom stereocenters. The zero-order valence-electron chi connectivity index (χ0n) is 12.0. The van der Waals surface area contributed by atoms with Crippen molar-refractivity contribution in [2.24, 2.45) is 17.6 Å². The lowest BCUT2D eigenvalue weighted by Crippen LogP contribution is -2.52. The second-order valence-corrected chi connectivity index (χ2v) is 5.81. The predicted molar refractivity (Wildman–Crippen MR) is 73.1 cm³/mol. The van der Waals surface area contributed by atoms with Crippen molar-refractivity contribution < 1.29 is 4.74 Å².